The molecule has 110 valence electrons. The normalized spacial score (nSPS) is 10.2. The lowest BCUT2D eigenvalue weighted by molar-refractivity contribution is 0.0958. The van der Waals surface area contributed by atoms with E-state index in [0.717, 1.165) is 24.3 Å². The molecule has 0 unspecified atom stereocenters. The predicted molar refractivity (Wildman–Crippen MR) is 84.4 cm³/mol. The Morgan fingerprint density at radius 1 is 1.14 bits per heavy atom. The first-order valence-electron chi connectivity index (χ1n) is 7.11. The fourth-order valence-electron chi connectivity index (χ4n) is 2.08. The number of benzene rings is 1. The van der Waals surface area contributed by atoms with Crippen molar-refractivity contribution in [2.24, 2.45) is 0 Å². The average Bonchev–Trinajstić information content (AvgIpc) is 2.56. The zero-order valence-corrected chi connectivity index (χ0v) is 12.6. The molecule has 0 saturated heterocycles. The Kier molecular flexibility index (Phi) is 4.87. The highest BCUT2D eigenvalue weighted by molar-refractivity contribution is 5.93. The second-order valence-electron chi connectivity index (χ2n) is 4.56. The van der Waals surface area contributed by atoms with Gasteiger partial charge in [-0.25, -0.2) is 9.97 Å². The molecule has 1 aromatic heterocycles. The van der Waals surface area contributed by atoms with Crippen LogP contribution in [0.5, 0.6) is 0 Å². The highest BCUT2D eigenvalue weighted by Crippen LogP contribution is 2.20. The molecule has 0 spiro atoms. The smallest absolute Gasteiger partial charge is 0.269 e. The van der Waals surface area contributed by atoms with Crippen LogP contribution < -0.4 is 10.2 Å². The number of carbonyl (C=O) groups is 1. The zero-order valence-electron chi connectivity index (χ0n) is 12.6. The largest absolute Gasteiger partial charge is 0.354 e. The van der Waals surface area contributed by atoms with Crippen molar-refractivity contribution in [3.05, 3.63) is 42.1 Å². The molecule has 1 aromatic carbocycles. The van der Waals surface area contributed by atoms with Gasteiger partial charge in [0.1, 0.15) is 5.69 Å². The van der Waals surface area contributed by atoms with E-state index >= 15 is 0 Å². The minimum Gasteiger partial charge on any atom is -0.354 e. The fourth-order valence-corrected chi connectivity index (χ4v) is 2.08. The van der Waals surface area contributed by atoms with Gasteiger partial charge >= 0.3 is 0 Å². The molecule has 2 aromatic rings. The van der Waals surface area contributed by atoms with Crippen LogP contribution in [-0.2, 0) is 0 Å². The molecule has 0 aliphatic heterocycles. The van der Waals surface area contributed by atoms with Gasteiger partial charge in [0.15, 0.2) is 0 Å². The Hall–Kier alpha value is -2.43. The van der Waals surface area contributed by atoms with E-state index in [0.29, 0.717) is 11.6 Å². The van der Waals surface area contributed by atoms with E-state index in [2.05, 4.69) is 15.3 Å². The quantitative estimate of drug-likeness (QED) is 0.915. The summed E-state index contributed by atoms with van der Waals surface area (Å²) in [5, 5.41) is 2.61. The van der Waals surface area contributed by atoms with E-state index in [-0.39, 0.29) is 5.91 Å². The lowest BCUT2D eigenvalue weighted by Gasteiger charge is -2.19. The van der Waals surface area contributed by atoms with E-state index in [4.69, 9.17) is 0 Å². The SMILES string of the molecule is CCN(CC)c1nc(C(=O)NC)cc(-c2ccccc2)n1. The summed E-state index contributed by atoms with van der Waals surface area (Å²) >= 11 is 0. The number of hydrogen-bond acceptors (Lipinski definition) is 4. The summed E-state index contributed by atoms with van der Waals surface area (Å²) < 4.78 is 0. The van der Waals surface area contributed by atoms with E-state index in [1.165, 1.54) is 0 Å². The Balaban J connectivity index is 2.54. The minimum atomic E-state index is -0.206. The fraction of sp³-hybridized carbons (Fsp3) is 0.312. The summed E-state index contributed by atoms with van der Waals surface area (Å²) in [6.45, 7) is 5.67. The van der Waals surface area contributed by atoms with Crippen LogP contribution in [0.4, 0.5) is 5.95 Å². The van der Waals surface area contributed by atoms with Crippen molar-refractivity contribution in [2.75, 3.05) is 25.0 Å². The number of amides is 1. The van der Waals surface area contributed by atoms with Crippen LogP contribution in [-0.4, -0.2) is 36.0 Å². The first-order chi connectivity index (χ1) is 10.2. The molecule has 0 aliphatic carbocycles. The van der Waals surface area contributed by atoms with E-state index < -0.39 is 0 Å². The molecular weight excluding hydrogens is 264 g/mol. The molecule has 0 radical (unpaired) electrons. The van der Waals surface area contributed by atoms with Gasteiger partial charge in [0, 0.05) is 25.7 Å². The molecule has 0 aliphatic rings. The van der Waals surface area contributed by atoms with Crippen molar-refractivity contribution in [2.45, 2.75) is 13.8 Å². The highest BCUT2D eigenvalue weighted by Gasteiger charge is 2.14. The summed E-state index contributed by atoms with van der Waals surface area (Å²) in [6, 6.07) is 11.5. The van der Waals surface area contributed by atoms with Crippen molar-refractivity contribution in [1.82, 2.24) is 15.3 Å². The Morgan fingerprint density at radius 3 is 2.38 bits per heavy atom. The van der Waals surface area contributed by atoms with Crippen molar-refractivity contribution >= 4 is 11.9 Å². The summed E-state index contributed by atoms with van der Waals surface area (Å²) in [7, 11) is 1.60. The second-order valence-corrected chi connectivity index (χ2v) is 4.56. The number of rotatable bonds is 5. The topological polar surface area (TPSA) is 58.1 Å². The molecule has 2 rings (SSSR count). The lowest BCUT2D eigenvalue weighted by atomic mass is 10.1. The summed E-state index contributed by atoms with van der Waals surface area (Å²) in [4.78, 5) is 22.9. The molecule has 0 atom stereocenters. The molecule has 0 fully saturated rings. The molecule has 21 heavy (non-hydrogen) atoms. The standard InChI is InChI=1S/C16H20N4O/c1-4-20(5-2)16-18-13(12-9-7-6-8-10-12)11-14(19-16)15(21)17-3/h6-11H,4-5H2,1-3H3,(H,17,21). The maximum absolute atomic E-state index is 11.9. The first kappa shape index (κ1) is 15.0. The molecule has 0 bridgehead atoms. The van der Waals surface area contributed by atoms with Crippen LogP contribution in [0.2, 0.25) is 0 Å². The number of hydrogen-bond donors (Lipinski definition) is 1. The van der Waals surface area contributed by atoms with Crippen LogP contribution in [0.15, 0.2) is 36.4 Å². The van der Waals surface area contributed by atoms with Crippen molar-refractivity contribution in [1.29, 1.82) is 0 Å². The van der Waals surface area contributed by atoms with E-state index in [1.54, 1.807) is 13.1 Å². The highest BCUT2D eigenvalue weighted by atomic mass is 16.1. The third-order valence-electron chi connectivity index (χ3n) is 3.29. The van der Waals surface area contributed by atoms with E-state index in [1.807, 2.05) is 49.1 Å². The van der Waals surface area contributed by atoms with Gasteiger partial charge in [-0.2, -0.15) is 0 Å². The van der Waals surface area contributed by atoms with Crippen LogP contribution in [0.1, 0.15) is 24.3 Å². The Morgan fingerprint density at radius 2 is 1.81 bits per heavy atom. The molecule has 0 saturated carbocycles. The number of aromatic nitrogens is 2. The molecule has 1 heterocycles. The number of carbonyl (C=O) groups excluding carboxylic acids is 1. The molecule has 1 N–H and O–H groups in total. The lowest BCUT2D eigenvalue weighted by Crippen LogP contribution is -2.27. The molecule has 5 heteroatoms. The van der Waals surface area contributed by atoms with Crippen molar-refractivity contribution < 1.29 is 4.79 Å². The summed E-state index contributed by atoms with van der Waals surface area (Å²) in [6.07, 6.45) is 0. The third-order valence-corrected chi connectivity index (χ3v) is 3.29. The summed E-state index contributed by atoms with van der Waals surface area (Å²) in [5.41, 5.74) is 2.11. The molecular formula is C16H20N4O. The third kappa shape index (κ3) is 3.37. The van der Waals surface area contributed by atoms with Gasteiger partial charge in [-0.3, -0.25) is 4.79 Å². The van der Waals surface area contributed by atoms with Crippen LogP contribution in [0.3, 0.4) is 0 Å². The number of anilines is 1. The van der Waals surface area contributed by atoms with Crippen LogP contribution >= 0.6 is 0 Å². The van der Waals surface area contributed by atoms with Crippen LogP contribution in [0.25, 0.3) is 11.3 Å². The van der Waals surface area contributed by atoms with Gasteiger partial charge in [-0.1, -0.05) is 30.3 Å². The maximum Gasteiger partial charge on any atom is 0.269 e. The van der Waals surface area contributed by atoms with Gasteiger partial charge < -0.3 is 10.2 Å². The zero-order chi connectivity index (χ0) is 15.2. The predicted octanol–water partition coefficient (Wildman–Crippen LogP) is 2.35. The number of nitrogens with one attached hydrogen (secondary N) is 1. The van der Waals surface area contributed by atoms with Gasteiger partial charge in [0.05, 0.1) is 5.69 Å². The Labute approximate surface area is 125 Å². The van der Waals surface area contributed by atoms with Gasteiger partial charge in [-0.15, -0.1) is 0 Å². The van der Waals surface area contributed by atoms with Gasteiger partial charge in [-0.05, 0) is 19.9 Å². The second kappa shape index (κ2) is 6.83. The molecule has 5 nitrogen and oxygen atoms in total. The van der Waals surface area contributed by atoms with Gasteiger partial charge in [0.2, 0.25) is 5.95 Å². The minimum absolute atomic E-state index is 0.206. The Bertz CT molecular complexity index is 609. The van der Waals surface area contributed by atoms with E-state index in [9.17, 15) is 4.79 Å². The molecule has 1 amide bonds. The van der Waals surface area contributed by atoms with Crippen molar-refractivity contribution in [3.8, 4) is 11.3 Å². The van der Waals surface area contributed by atoms with Crippen LogP contribution in [0, 0.1) is 0 Å². The average molecular weight is 284 g/mol. The van der Waals surface area contributed by atoms with Gasteiger partial charge in [0.25, 0.3) is 5.91 Å². The monoisotopic (exact) mass is 284 g/mol. The maximum atomic E-state index is 11.9. The first-order valence-corrected chi connectivity index (χ1v) is 7.11. The summed E-state index contributed by atoms with van der Waals surface area (Å²) in [5.74, 6) is 0.378. The number of nitrogens with zero attached hydrogens (tertiary/aromatic N) is 3. The van der Waals surface area contributed by atoms with Crippen molar-refractivity contribution in [3.63, 3.8) is 0 Å².